The number of Topliss-reactive ketones (excluding diaryl/α,β-unsaturated/α-hetero) is 1. The lowest BCUT2D eigenvalue weighted by Crippen LogP contribution is -2.43. The molecular formula is C13H16INO2. The standard InChI is InChI=1S/C13H16INO2/c1-10-8-15(6-7-17-10)9-13(16)11-2-4-12(14)5-3-11/h2-5,10H,6-9H2,1H3. The van der Waals surface area contributed by atoms with Gasteiger partial charge in [-0.3, -0.25) is 9.69 Å². The van der Waals surface area contributed by atoms with Gasteiger partial charge in [0.25, 0.3) is 0 Å². The van der Waals surface area contributed by atoms with Crippen molar-refractivity contribution < 1.29 is 9.53 Å². The zero-order chi connectivity index (χ0) is 12.3. The van der Waals surface area contributed by atoms with Crippen LogP contribution in [0.3, 0.4) is 0 Å². The van der Waals surface area contributed by atoms with Gasteiger partial charge >= 0.3 is 0 Å². The Balaban J connectivity index is 1.94. The van der Waals surface area contributed by atoms with Crippen LogP contribution in [0.15, 0.2) is 24.3 Å². The van der Waals surface area contributed by atoms with Crippen molar-refractivity contribution in [1.82, 2.24) is 4.90 Å². The van der Waals surface area contributed by atoms with E-state index < -0.39 is 0 Å². The van der Waals surface area contributed by atoms with Gasteiger partial charge in [0.15, 0.2) is 5.78 Å². The summed E-state index contributed by atoms with van der Waals surface area (Å²) in [7, 11) is 0. The summed E-state index contributed by atoms with van der Waals surface area (Å²) >= 11 is 2.24. The summed E-state index contributed by atoms with van der Waals surface area (Å²) in [4.78, 5) is 14.2. The third kappa shape index (κ3) is 3.76. The minimum atomic E-state index is 0.190. The molecule has 1 aliphatic rings. The first kappa shape index (κ1) is 13.0. The van der Waals surface area contributed by atoms with Crippen molar-refractivity contribution >= 4 is 28.4 Å². The predicted molar refractivity (Wildman–Crippen MR) is 75.3 cm³/mol. The van der Waals surface area contributed by atoms with Gasteiger partial charge in [-0.15, -0.1) is 0 Å². The third-order valence-electron chi connectivity index (χ3n) is 2.86. The molecule has 4 heteroatoms. The van der Waals surface area contributed by atoms with E-state index in [-0.39, 0.29) is 11.9 Å². The lowest BCUT2D eigenvalue weighted by molar-refractivity contribution is -0.0158. The maximum atomic E-state index is 12.0. The van der Waals surface area contributed by atoms with Gasteiger partial charge in [-0.05, 0) is 41.6 Å². The van der Waals surface area contributed by atoms with Crippen LogP contribution in [0, 0.1) is 3.57 Å². The second-order valence-electron chi connectivity index (χ2n) is 4.35. The zero-order valence-electron chi connectivity index (χ0n) is 9.86. The van der Waals surface area contributed by atoms with Crippen molar-refractivity contribution in [3.8, 4) is 0 Å². The molecule has 1 saturated heterocycles. The van der Waals surface area contributed by atoms with E-state index in [1.807, 2.05) is 31.2 Å². The molecule has 92 valence electrons. The van der Waals surface area contributed by atoms with Gasteiger partial charge in [0.05, 0.1) is 19.3 Å². The highest BCUT2D eigenvalue weighted by atomic mass is 127. The van der Waals surface area contributed by atoms with Gasteiger partial charge in [-0.25, -0.2) is 0 Å². The maximum absolute atomic E-state index is 12.0. The van der Waals surface area contributed by atoms with E-state index in [1.54, 1.807) is 0 Å². The number of carbonyl (C=O) groups is 1. The lowest BCUT2D eigenvalue weighted by atomic mass is 10.1. The van der Waals surface area contributed by atoms with Crippen molar-refractivity contribution in [2.75, 3.05) is 26.2 Å². The number of ether oxygens (including phenoxy) is 1. The van der Waals surface area contributed by atoms with Crippen LogP contribution in [0.25, 0.3) is 0 Å². The Morgan fingerprint density at radius 1 is 1.47 bits per heavy atom. The Labute approximate surface area is 115 Å². The summed E-state index contributed by atoms with van der Waals surface area (Å²) in [5.74, 6) is 0.190. The summed E-state index contributed by atoms with van der Waals surface area (Å²) in [6, 6.07) is 7.73. The summed E-state index contributed by atoms with van der Waals surface area (Å²) in [6.45, 7) is 4.95. The molecule has 0 aromatic heterocycles. The molecule has 1 aromatic rings. The van der Waals surface area contributed by atoms with E-state index in [9.17, 15) is 4.79 Å². The number of hydrogen-bond donors (Lipinski definition) is 0. The minimum absolute atomic E-state index is 0.190. The molecule has 0 N–H and O–H groups in total. The van der Waals surface area contributed by atoms with Gasteiger partial charge in [-0.1, -0.05) is 12.1 Å². The topological polar surface area (TPSA) is 29.5 Å². The van der Waals surface area contributed by atoms with Crippen LogP contribution in [-0.2, 0) is 4.74 Å². The summed E-state index contributed by atoms with van der Waals surface area (Å²) in [6.07, 6.45) is 0.230. The fourth-order valence-corrected chi connectivity index (χ4v) is 2.32. The second-order valence-corrected chi connectivity index (χ2v) is 5.59. The van der Waals surface area contributed by atoms with Crippen LogP contribution in [0.4, 0.5) is 0 Å². The minimum Gasteiger partial charge on any atom is -0.376 e. The summed E-state index contributed by atoms with van der Waals surface area (Å²) in [5, 5.41) is 0. The van der Waals surface area contributed by atoms with Gasteiger partial charge in [0.1, 0.15) is 0 Å². The molecule has 2 rings (SSSR count). The Morgan fingerprint density at radius 2 is 2.18 bits per heavy atom. The molecule has 1 atom stereocenters. The molecule has 0 saturated carbocycles. The number of benzene rings is 1. The molecule has 1 heterocycles. The van der Waals surface area contributed by atoms with Crippen molar-refractivity contribution in [2.45, 2.75) is 13.0 Å². The van der Waals surface area contributed by atoms with E-state index in [0.29, 0.717) is 6.54 Å². The van der Waals surface area contributed by atoms with Gasteiger partial charge in [0, 0.05) is 22.2 Å². The molecular weight excluding hydrogens is 329 g/mol. The highest BCUT2D eigenvalue weighted by Crippen LogP contribution is 2.10. The third-order valence-corrected chi connectivity index (χ3v) is 3.58. The molecule has 1 aromatic carbocycles. The number of rotatable bonds is 3. The van der Waals surface area contributed by atoms with Crippen LogP contribution in [-0.4, -0.2) is 43.0 Å². The first-order valence-corrected chi connectivity index (χ1v) is 6.86. The van der Waals surface area contributed by atoms with E-state index in [2.05, 4.69) is 27.5 Å². The lowest BCUT2D eigenvalue weighted by Gasteiger charge is -2.30. The van der Waals surface area contributed by atoms with E-state index in [1.165, 1.54) is 0 Å². The van der Waals surface area contributed by atoms with E-state index >= 15 is 0 Å². The van der Waals surface area contributed by atoms with Crippen molar-refractivity contribution in [3.05, 3.63) is 33.4 Å². The molecule has 0 aliphatic carbocycles. The Hall–Kier alpha value is -0.460. The average Bonchev–Trinajstić information content (AvgIpc) is 2.29. The Kier molecular flexibility index (Phi) is 4.53. The van der Waals surface area contributed by atoms with E-state index in [0.717, 1.165) is 28.8 Å². The average molecular weight is 345 g/mol. The molecule has 0 bridgehead atoms. The molecule has 17 heavy (non-hydrogen) atoms. The van der Waals surface area contributed by atoms with Crippen molar-refractivity contribution in [3.63, 3.8) is 0 Å². The number of morpholine rings is 1. The van der Waals surface area contributed by atoms with Gasteiger partial charge < -0.3 is 4.74 Å². The molecule has 3 nitrogen and oxygen atoms in total. The number of hydrogen-bond acceptors (Lipinski definition) is 3. The Bertz CT molecular complexity index is 391. The Morgan fingerprint density at radius 3 is 2.82 bits per heavy atom. The summed E-state index contributed by atoms with van der Waals surface area (Å²) in [5.41, 5.74) is 0.796. The zero-order valence-corrected chi connectivity index (χ0v) is 12.0. The quantitative estimate of drug-likeness (QED) is 0.621. The molecule has 0 radical (unpaired) electrons. The molecule has 0 amide bonds. The smallest absolute Gasteiger partial charge is 0.176 e. The molecule has 1 fully saturated rings. The van der Waals surface area contributed by atoms with E-state index in [4.69, 9.17) is 4.74 Å². The molecule has 1 unspecified atom stereocenters. The number of ketones is 1. The fraction of sp³-hybridized carbons (Fsp3) is 0.462. The largest absolute Gasteiger partial charge is 0.376 e. The highest BCUT2D eigenvalue weighted by molar-refractivity contribution is 14.1. The first-order valence-electron chi connectivity index (χ1n) is 5.78. The molecule has 1 aliphatic heterocycles. The molecule has 0 spiro atoms. The normalized spacial score (nSPS) is 21.4. The van der Waals surface area contributed by atoms with Crippen LogP contribution >= 0.6 is 22.6 Å². The highest BCUT2D eigenvalue weighted by Gasteiger charge is 2.19. The van der Waals surface area contributed by atoms with Gasteiger partial charge in [0.2, 0.25) is 0 Å². The van der Waals surface area contributed by atoms with Crippen molar-refractivity contribution in [1.29, 1.82) is 0 Å². The number of carbonyl (C=O) groups excluding carboxylic acids is 1. The van der Waals surface area contributed by atoms with Crippen LogP contribution in [0.1, 0.15) is 17.3 Å². The number of nitrogens with zero attached hydrogens (tertiary/aromatic N) is 1. The maximum Gasteiger partial charge on any atom is 0.176 e. The predicted octanol–water partition coefficient (Wildman–Crippen LogP) is 2.19. The van der Waals surface area contributed by atoms with Crippen molar-refractivity contribution in [2.24, 2.45) is 0 Å². The fourth-order valence-electron chi connectivity index (χ4n) is 1.96. The van der Waals surface area contributed by atoms with Crippen LogP contribution in [0.2, 0.25) is 0 Å². The monoisotopic (exact) mass is 345 g/mol. The second kappa shape index (κ2) is 5.93. The van der Waals surface area contributed by atoms with Gasteiger partial charge in [-0.2, -0.15) is 0 Å². The first-order chi connectivity index (χ1) is 8.15. The number of halogens is 1. The SMILES string of the molecule is CC1CN(CC(=O)c2ccc(I)cc2)CCO1. The van der Waals surface area contributed by atoms with Crippen LogP contribution < -0.4 is 0 Å². The summed E-state index contributed by atoms with van der Waals surface area (Å²) < 4.78 is 6.61. The van der Waals surface area contributed by atoms with Crippen LogP contribution in [0.5, 0.6) is 0 Å².